The lowest BCUT2D eigenvalue weighted by molar-refractivity contribution is -0.114. The van der Waals surface area contributed by atoms with Gasteiger partial charge in [0.05, 0.1) is 42.5 Å². The third kappa shape index (κ3) is 3.70. The Morgan fingerprint density at radius 1 is 1.39 bits per heavy atom. The summed E-state index contributed by atoms with van der Waals surface area (Å²) < 4.78 is 11.8. The van der Waals surface area contributed by atoms with E-state index in [1.54, 1.807) is 25.4 Å². The third-order valence-corrected chi connectivity index (χ3v) is 6.21. The fourth-order valence-corrected chi connectivity index (χ4v) is 4.25. The zero-order chi connectivity index (χ0) is 22.3. The van der Waals surface area contributed by atoms with E-state index in [0.717, 1.165) is 28.8 Å². The summed E-state index contributed by atoms with van der Waals surface area (Å²) in [7, 11) is 1.54. The lowest BCUT2D eigenvalue weighted by Crippen LogP contribution is -2.29. The molecule has 0 saturated heterocycles. The fraction of sp³-hybridized carbons (Fsp3) is 0.375. The number of anilines is 1. The largest absolute Gasteiger partial charge is 0.496 e. The molecule has 31 heavy (non-hydrogen) atoms. The van der Waals surface area contributed by atoms with Crippen LogP contribution in [0.3, 0.4) is 0 Å². The minimum Gasteiger partial charge on any atom is -0.496 e. The molecular weight excluding hydrogens is 392 g/mol. The van der Waals surface area contributed by atoms with Gasteiger partial charge in [0, 0.05) is 23.0 Å². The number of benzene rings is 1. The number of nitrogens with two attached hydrogens (primary N) is 1. The average Bonchev–Trinajstić information content (AvgIpc) is 3.47. The van der Waals surface area contributed by atoms with Crippen LogP contribution in [-0.2, 0) is 4.79 Å². The van der Waals surface area contributed by atoms with E-state index >= 15 is 0 Å². The van der Waals surface area contributed by atoms with E-state index in [2.05, 4.69) is 23.3 Å². The van der Waals surface area contributed by atoms with E-state index in [0.29, 0.717) is 46.9 Å². The van der Waals surface area contributed by atoms with E-state index in [1.165, 1.54) is 0 Å². The predicted molar refractivity (Wildman–Crippen MR) is 117 cm³/mol. The number of allylic oxidation sites excluding steroid dienone is 1. The van der Waals surface area contributed by atoms with Crippen molar-refractivity contribution in [1.29, 1.82) is 5.26 Å². The minimum absolute atomic E-state index is 0.424. The number of amides is 1. The highest BCUT2D eigenvalue weighted by Crippen LogP contribution is 2.49. The molecule has 0 bridgehead atoms. The Morgan fingerprint density at radius 3 is 2.74 bits per heavy atom. The van der Waals surface area contributed by atoms with Crippen molar-refractivity contribution in [2.24, 2.45) is 17.6 Å². The van der Waals surface area contributed by atoms with Crippen molar-refractivity contribution in [3.05, 3.63) is 57.9 Å². The first-order valence-electron chi connectivity index (χ1n) is 10.3. The number of methoxy groups -OCH3 is 1. The Kier molecular flexibility index (Phi) is 5.32. The Morgan fingerprint density at radius 2 is 2.13 bits per heavy atom. The summed E-state index contributed by atoms with van der Waals surface area (Å²) >= 11 is 0. The van der Waals surface area contributed by atoms with Gasteiger partial charge in [0.2, 0.25) is 11.8 Å². The topological polar surface area (TPSA) is 110 Å². The van der Waals surface area contributed by atoms with Gasteiger partial charge in [0.15, 0.2) is 0 Å². The molecule has 2 aromatic rings. The lowest BCUT2D eigenvalue weighted by atomic mass is 9.79. The van der Waals surface area contributed by atoms with E-state index < -0.39 is 11.8 Å². The molecule has 2 aliphatic rings. The number of nitrogens with zero attached hydrogens (tertiary/aromatic N) is 2. The predicted octanol–water partition coefficient (Wildman–Crippen LogP) is 3.62. The van der Waals surface area contributed by atoms with Gasteiger partial charge in [0.25, 0.3) is 0 Å². The molecule has 1 aromatic carbocycles. The Labute approximate surface area is 181 Å². The van der Waals surface area contributed by atoms with E-state index in [4.69, 9.17) is 15.2 Å². The van der Waals surface area contributed by atoms with Crippen LogP contribution < -0.4 is 20.5 Å². The number of hydrogen-bond acceptors (Lipinski definition) is 6. The van der Waals surface area contributed by atoms with Gasteiger partial charge in [-0.05, 0) is 49.8 Å². The third-order valence-electron chi connectivity index (χ3n) is 6.21. The number of nitrogens with one attached hydrogen (secondary N) is 1. The summed E-state index contributed by atoms with van der Waals surface area (Å²) in [6.07, 6.45) is 2.91. The molecule has 3 N–H and O–H groups in total. The molecule has 0 radical (unpaired) electrons. The molecule has 7 nitrogen and oxygen atoms in total. The second-order valence-corrected chi connectivity index (χ2v) is 8.35. The number of hydrogen-bond donors (Lipinski definition) is 2. The molecule has 1 aliphatic heterocycles. The average molecular weight is 418 g/mol. The number of primary amides is 1. The van der Waals surface area contributed by atoms with Gasteiger partial charge in [-0.3, -0.25) is 4.79 Å². The molecule has 1 aromatic heterocycles. The van der Waals surface area contributed by atoms with Crippen molar-refractivity contribution < 1.29 is 14.3 Å². The SMILES string of the molecule is COc1cc(C#N)ccc1C1C(C(N)=O)=C(C)Nc2c(C)cnc(OCC3CC3C)c21. The highest BCUT2D eigenvalue weighted by molar-refractivity contribution is 5.98. The molecule has 2 heterocycles. The lowest BCUT2D eigenvalue weighted by Gasteiger charge is -2.32. The van der Waals surface area contributed by atoms with Gasteiger partial charge < -0.3 is 20.5 Å². The summed E-state index contributed by atoms with van der Waals surface area (Å²) in [6.45, 7) is 6.57. The van der Waals surface area contributed by atoms with Crippen LogP contribution in [0.15, 0.2) is 35.7 Å². The molecule has 0 spiro atoms. The number of aryl methyl sites for hydroxylation is 1. The van der Waals surface area contributed by atoms with Gasteiger partial charge in [-0.1, -0.05) is 13.0 Å². The first-order valence-corrected chi connectivity index (χ1v) is 10.3. The van der Waals surface area contributed by atoms with Crippen LogP contribution in [0.2, 0.25) is 0 Å². The normalized spacial score (nSPS) is 21.6. The molecule has 7 heteroatoms. The van der Waals surface area contributed by atoms with Crippen LogP contribution in [0, 0.1) is 30.1 Å². The Bertz CT molecular complexity index is 1130. The van der Waals surface area contributed by atoms with Crippen molar-refractivity contribution in [1.82, 2.24) is 4.98 Å². The smallest absolute Gasteiger partial charge is 0.247 e. The highest BCUT2D eigenvalue weighted by Gasteiger charge is 2.38. The molecule has 1 fully saturated rings. The minimum atomic E-state index is -0.532. The second-order valence-electron chi connectivity index (χ2n) is 8.35. The Balaban J connectivity index is 1.92. The molecule has 1 saturated carbocycles. The molecule has 4 rings (SSSR count). The highest BCUT2D eigenvalue weighted by atomic mass is 16.5. The van der Waals surface area contributed by atoms with E-state index in [9.17, 15) is 10.1 Å². The van der Waals surface area contributed by atoms with Crippen LogP contribution in [0.5, 0.6) is 11.6 Å². The monoisotopic (exact) mass is 418 g/mol. The van der Waals surface area contributed by atoms with Crippen LogP contribution in [0.25, 0.3) is 0 Å². The number of pyridine rings is 1. The quantitative estimate of drug-likeness (QED) is 0.741. The van der Waals surface area contributed by atoms with Gasteiger partial charge >= 0.3 is 0 Å². The number of rotatable bonds is 6. The standard InChI is InChI=1S/C24H26N4O3/c1-12-7-16(12)11-31-24-21-20(17-6-5-15(9-25)8-18(17)30-4)19(23(26)29)14(3)28-22(21)13(2)10-27-24/h5-6,8,10,12,16,20,28H,7,11H2,1-4H3,(H2,26,29). The number of aromatic nitrogens is 1. The number of ether oxygens (including phenoxy) is 2. The van der Waals surface area contributed by atoms with E-state index in [1.807, 2.05) is 19.9 Å². The number of carbonyl (C=O) groups excluding carboxylic acids is 1. The first-order chi connectivity index (χ1) is 14.8. The number of nitriles is 1. The van der Waals surface area contributed by atoms with Gasteiger partial charge in [-0.25, -0.2) is 4.98 Å². The fourth-order valence-electron chi connectivity index (χ4n) is 4.25. The molecule has 160 valence electrons. The van der Waals surface area contributed by atoms with Crippen LogP contribution in [0.4, 0.5) is 5.69 Å². The van der Waals surface area contributed by atoms with Crippen molar-refractivity contribution in [2.45, 2.75) is 33.1 Å². The maximum absolute atomic E-state index is 12.6. The number of fused-ring (bicyclic) bond motifs is 1. The summed E-state index contributed by atoms with van der Waals surface area (Å²) in [5.41, 5.74) is 10.7. The second kappa shape index (κ2) is 7.95. The molecule has 1 amide bonds. The van der Waals surface area contributed by atoms with Gasteiger partial charge in [0.1, 0.15) is 5.75 Å². The zero-order valence-electron chi connectivity index (χ0n) is 18.2. The van der Waals surface area contributed by atoms with Gasteiger partial charge in [-0.15, -0.1) is 0 Å². The van der Waals surface area contributed by atoms with Crippen LogP contribution in [0.1, 0.15) is 48.4 Å². The van der Waals surface area contributed by atoms with E-state index in [-0.39, 0.29) is 0 Å². The zero-order valence-corrected chi connectivity index (χ0v) is 18.2. The van der Waals surface area contributed by atoms with Crippen molar-refractivity contribution in [3.8, 4) is 17.7 Å². The Hall–Kier alpha value is -3.53. The van der Waals surface area contributed by atoms with Crippen LogP contribution >= 0.6 is 0 Å². The molecule has 3 atom stereocenters. The maximum atomic E-state index is 12.6. The van der Waals surface area contributed by atoms with Crippen LogP contribution in [-0.4, -0.2) is 24.6 Å². The molecule has 3 unspecified atom stereocenters. The van der Waals surface area contributed by atoms with Crippen molar-refractivity contribution in [3.63, 3.8) is 0 Å². The maximum Gasteiger partial charge on any atom is 0.247 e. The van der Waals surface area contributed by atoms with Crippen molar-refractivity contribution in [2.75, 3.05) is 19.0 Å². The summed E-state index contributed by atoms with van der Waals surface area (Å²) in [5.74, 6) is 1.09. The summed E-state index contributed by atoms with van der Waals surface area (Å²) in [4.78, 5) is 17.1. The summed E-state index contributed by atoms with van der Waals surface area (Å²) in [6, 6.07) is 7.31. The van der Waals surface area contributed by atoms with Crippen molar-refractivity contribution >= 4 is 11.6 Å². The first kappa shape index (κ1) is 20.7. The summed E-state index contributed by atoms with van der Waals surface area (Å²) in [5, 5.41) is 12.6. The number of carbonyl (C=O) groups is 1. The molecule has 1 aliphatic carbocycles. The molecular formula is C24H26N4O3. The van der Waals surface area contributed by atoms with Gasteiger partial charge in [-0.2, -0.15) is 5.26 Å².